The van der Waals surface area contributed by atoms with Crippen molar-refractivity contribution in [2.24, 2.45) is 0 Å². The summed E-state index contributed by atoms with van der Waals surface area (Å²) in [5.41, 5.74) is 1.07. The third-order valence-electron chi connectivity index (χ3n) is 2.27. The van der Waals surface area contributed by atoms with Crippen LogP contribution in [0.2, 0.25) is 0 Å². The Labute approximate surface area is 100 Å². The Morgan fingerprint density at radius 1 is 1.00 bits per heavy atom. The molecule has 0 fully saturated rings. The van der Waals surface area contributed by atoms with Crippen LogP contribution in [0, 0.1) is 0 Å². The first-order chi connectivity index (χ1) is 7.22. The summed E-state index contributed by atoms with van der Waals surface area (Å²) in [6.45, 7) is 0. The molecule has 0 saturated carbocycles. The Hall–Kier alpha value is 0.104. The molecule has 15 heavy (non-hydrogen) atoms. The number of benzene rings is 1. The Kier molecular flexibility index (Phi) is 5.26. The SMILES string of the molecule is C[O][Ti]([O]C)([O]C)[c]1ccc(CCl)cc1. The first kappa shape index (κ1) is 13.2. The Morgan fingerprint density at radius 2 is 1.47 bits per heavy atom. The second-order valence-corrected chi connectivity index (χ2v) is 7.82. The first-order valence-electron chi connectivity index (χ1n) is 4.53. The summed E-state index contributed by atoms with van der Waals surface area (Å²) in [7, 11) is 4.84. The summed E-state index contributed by atoms with van der Waals surface area (Å²) in [5, 5.41) is 0. The van der Waals surface area contributed by atoms with E-state index in [1.54, 1.807) is 21.3 Å². The standard InChI is InChI=1S/C7H6Cl.3CH3O.Ti/c8-6-7-4-2-1-3-5-7;3*1-2;/h2-5H,6H2;3*1H3;/q;3*-1;+3. The summed E-state index contributed by atoms with van der Waals surface area (Å²) in [6, 6.07) is 7.82. The number of alkyl halides is 1. The van der Waals surface area contributed by atoms with Crippen molar-refractivity contribution in [3.63, 3.8) is 0 Å². The molecule has 0 amide bonds. The molecule has 0 heterocycles. The molecule has 1 aromatic carbocycles. The van der Waals surface area contributed by atoms with Crippen molar-refractivity contribution < 1.29 is 27.7 Å². The van der Waals surface area contributed by atoms with Gasteiger partial charge in [-0.15, -0.1) is 0 Å². The number of hydrogen-bond donors (Lipinski definition) is 0. The Morgan fingerprint density at radius 3 is 1.80 bits per heavy atom. The van der Waals surface area contributed by atoms with Gasteiger partial charge in [0, 0.05) is 0 Å². The zero-order valence-electron chi connectivity index (χ0n) is 9.12. The predicted octanol–water partition coefficient (Wildman–Crippen LogP) is 1.89. The summed E-state index contributed by atoms with van der Waals surface area (Å²) in [6.07, 6.45) is 0. The zero-order chi connectivity index (χ0) is 11.3. The molecule has 3 nitrogen and oxygen atoms in total. The number of halogens is 1. The molecule has 0 saturated heterocycles. The molecule has 0 N–H and O–H groups in total. The fourth-order valence-corrected chi connectivity index (χ4v) is 4.36. The minimum atomic E-state index is -3.21. The van der Waals surface area contributed by atoms with Crippen LogP contribution in [0.15, 0.2) is 24.3 Å². The van der Waals surface area contributed by atoms with E-state index in [4.69, 9.17) is 21.6 Å². The van der Waals surface area contributed by atoms with Gasteiger partial charge in [-0.25, -0.2) is 0 Å². The normalized spacial score (nSPS) is 11.7. The summed E-state index contributed by atoms with van der Waals surface area (Å²) in [4.78, 5) is 0. The van der Waals surface area contributed by atoms with E-state index in [1.165, 1.54) is 0 Å². The molecule has 0 aliphatic heterocycles. The average Bonchev–Trinajstić information content (AvgIpc) is 2.33. The van der Waals surface area contributed by atoms with Crippen molar-refractivity contribution in [1.29, 1.82) is 0 Å². The van der Waals surface area contributed by atoms with Crippen molar-refractivity contribution >= 4 is 15.5 Å². The fourth-order valence-electron chi connectivity index (χ4n) is 1.40. The van der Waals surface area contributed by atoms with Crippen molar-refractivity contribution in [3.05, 3.63) is 29.8 Å². The topological polar surface area (TPSA) is 27.7 Å². The van der Waals surface area contributed by atoms with Crippen LogP contribution >= 0.6 is 11.6 Å². The maximum atomic E-state index is 5.72. The van der Waals surface area contributed by atoms with Gasteiger partial charge >= 0.3 is 100 Å². The van der Waals surface area contributed by atoms with Gasteiger partial charge in [0.2, 0.25) is 0 Å². The van der Waals surface area contributed by atoms with Crippen LogP contribution in [-0.4, -0.2) is 21.3 Å². The van der Waals surface area contributed by atoms with Gasteiger partial charge in [-0.1, -0.05) is 0 Å². The van der Waals surface area contributed by atoms with E-state index < -0.39 is 17.8 Å². The van der Waals surface area contributed by atoms with Gasteiger partial charge in [-0.3, -0.25) is 0 Å². The van der Waals surface area contributed by atoms with E-state index in [1.807, 2.05) is 24.3 Å². The summed E-state index contributed by atoms with van der Waals surface area (Å²) in [5.74, 6) is 0.507. The van der Waals surface area contributed by atoms with Gasteiger partial charge in [-0.2, -0.15) is 0 Å². The summed E-state index contributed by atoms with van der Waals surface area (Å²) < 4.78 is 17.2. The van der Waals surface area contributed by atoms with Crippen LogP contribution in [0.25, 0.3) is 0 Å². The second-order valence-electron chi connectivity index (χ2n) is 3.00. The molecule has 1 rings (SSSR count). The molecule has 0 unspecified atom stereocenters. The molecule has 0 bridgehead atoms. The van der Waals surface area contributed by atoms with Gasteiger partial charge in [0.15, 0.2) is 0 Å². The molecule has 0 atom stereocenters. The molecule has 0 aromatic heterocycles. The average molecular weight is 267 g/mol. The fraction of sp³-hybridized carbons (Fsp3) is 0.400. The van der Waals surface area contributed by atoms with Crippen molar-refractivity contribution in [2.75, 3.05) is 21.3 Å². The van der Waals surface area contributed by atoms with E-state index in [0.717, 1.165) is 9.43 Å². The zero-order valence-corrected chi connectivity index (χ0v) is 11.4. The van der Waals surface area contributed by atoms with Gasteiger partial charge < -0.3 is 0 Å². The van der Waals surface area contributed by atoms with Gasteiger partial charge in [-0.05, 0) is 0 Å². The van der Waals surface area contributed by atoms with Crippen LogP contribution in [0.1, 0.15) is 5.56 Å². The molecule has 0 radical (unpaired) electrons. The molecule has 0 aliphatic rings. The molecule has 0 aliphatic carbocycles. The van der Waals surface area contributed by atoms with Crippen LogP contribution in [-0.2, 0) is 33.6 Å². The first-order valence-corrected chi connectivity index (χ1v) is 7.76. The van der Waals surface area contributed by atoms with E-state index in [9.17, 15) is 0 Å². The molecular weight excluding hydrogens is 251 g/mol. The van der Waals surface area contributed by atoms with Crippen molar-refractivity contribution in [2.45, 2.75) is 5.88 Å². The predicted molar refractivity (Wildman–Crippen MR) is 56.7 cm³/mol. The molecule has 5 heteroatoms. The number of rotatable bonds is 5. The van der Waals surface area contributed by atoms with Crippen molar-refractivity contribution in [3.8, 4) is 0 Å². The van der Waals surface area contributed by atoms with E-state index in [0.29, 0.717) is 5.88 Å². The Bertz CT molecular complexity index is 290. The van der Waals surface area contributed by atoms with E-state index >= 15 is 0 Å². The number of hydrogen-bond acceptors (Lipinski definition) is 3. The third-order valence-corrected chi connectivity index (χ3v) is 6.72. The van der Waals surface area contributed by atoms with Crippen LogP contribution < -0.4 is 3.87 Å². The summed E-state index contributed by atoms with van der Waals surface area (Å²) >= 11 is 2.51. The van der Waals surface area contributed by atoms with Crippen molar-refractivity contribution in [1.82, 2.24) is 0 Å². The minimum absolute atomic E-state index is 0.507. The van der Waals surface area contributed by atoms with Crippen LogP contribution in [0.5, 0.6) is 0 Å². The molecule has 84 valence electrons. The van der Waals surface area contributed by atoms with E-state index in [-0.39, 0.29) is 0 Å². The van der Waals surface area contributed by atoms with Crippen LogP contribution in [0.4, 0.5) is 0 Å². The third kappa shape index (κ3) is 2.81. The Balaban J connectivity index is 3.01. The second kappa shape index (κ2) is 5.99. The molecule has 0 spiro atoms. The monoisotopic (exact) mass is 266 g/mol. The van der Waals surface area contributed by atoms with Gasteiger partial charge in [0.1, 0.15) is 0 Å². The maximum absolute atomic E-state index is 5.72. The molecule has 1 aromatic rings. The van der Waals surface area contributed by atoms with Gasteiger partial charge in [0.25, 0.3) is 0 Å². The van der Waals surface area contributed by atoms with E-state index in [2.05, 4.69) is 0 Å². The quantitative estimate of drug-likeness (QED) is 0.602. The van der Waals surface area contributed by atoms with Crippen LogP contribution in [0.3, 0.4) is 0 Å². The van der Waals surface area contributed by atoms with Gasteiger partial charge in [0.05, 0.1) is 0 Å². The molecular formula is C10H15ClO3Ti.